The molecule has 0 unspecified atom stereocenters. The first-order valence-electron chi connectivity index (χ1n) is 4.45. The van der Waals surface area contributed by atoms with Crippen LogP contribution < -0.4 is 0 Å². The Balaban J connectivity index is 0.00000112. The minimum atomic E-state index is -0.554. The fourth-order valence-corrected chi connectivity index (χ4v) is 1.74. The van der Waals surface area contributed by atoms with Gasteiger partial charge in [-0.15, -0.1) is 0 Å². The summed E-state index contributed by atoms with van der Waals surface area (Å²) in [7, 11) is 0. The molecule has 5 heteroatoms. The van der Waals surface area contributed by atoms with Gasteiger partial charge in [0, 0.05) is 10.0 Å². The van der Waals surface area contributed by atoms with Gasteiger partial charge >= 0.3 is 23.1 Å². The van der Waals surface area contributed by atoms with E-state index in [1.165, 1.54) is 6.07 Å². The Morgan fingerprint density at radius 1 is 1.27 bits per heavy atom. The topological polar surface area (TPSA) is 18.5 Å². The zero-order valence-corrected chi connectivity index (χ0v) is 9.09. The van der Waals surface area contributed by atoms with E-state index in [0.717, 1.165) is 10.9 Å². The average Bonchev–Trinajstić information content (AvgIpc) is 2.23. The summed E-state index contributed by atoms with van der Waals surface area (Å²) < 4.78 is 24.8. The number of rotatable bonds is 1. The van der Waals surface area contributed by atoms with E-state index >= 15 is 0 Å². The third kappa shape index (κ3) is 3.39. The molecule has 0 aliphatic carbocycles. The lowest BCUT2D eigenvalue weighted by Crippen LogP contribution is -2.18. The van der Waals surface area contributed by atoms with Crippen LogP contribution in [0, 0.1) is 5.82 Å². The fourth-order valence-electron chi connectivity index (χ4n) is 1.36. The molecule has 0 radical (unpaired) electrons. The summed E-state index contributed by atoms with van der Waals surface area (Å²) in [6.45, 7) is 1.24. The Morgan fingerprint density at radius 2 is 1.93 bits per heavy atom. The summed E-state index contributed by atoms with van der Waals surface area (Å²) in [6.07, 6.45) is 0.313. The Hall–Kier alpha value is 0.316. The van der Waals surface area contributed by atoms with Crippen LogP contribution in [0.1, 0.15) is 18.3 Å². The van der Waals surface area contributed by atoms with Crippen LogP contribution in [0.2, 0.25) is 0 Å². The van der Waals surface area contributed by atoms with Crippen molar-refractivity contribution in [3.05, 3.63) is 34.1 Å². The lowest BCUT2D eigenvalue weighted by Gasteiger charge is -2.23. The first kappa shape index (κ1) is 13.4. The van der Waals surface area contributed by atoms with Crippen LogP contribution in [0.25, 0.3) is 0 Å². The van der Waals surface area contributed by atoms with Crippen molar-refractivity contribution in [2.45, 2.75) is 12.7 Å². The molecule has 0 bridgehead atoms. The molecule has 1 heterocycles. The Kier molecular flexibility index (Phi) is 5.49. The van der Waals surface area contributed by atoms with E-state index in [2.05, 4.69) is 15.9 Å². The first-order chi connectivity index (χ1) is 6.77. The van der Waals surface area contributed by atoms with Crippen LogP contribution in [-0.4, -0.2) is 36.3 Å². The number of ether oxygens (including phenoxy) is 2. The third-order valence-electron chi connectivity index (χ3n) is 2.04. The second-order valence-corrected chi connectivity index (χ2v) is 4.01. The van der Waals surface area contributed by atoms with E-state index in [-0.39, 0.29) is 28.9 Å². The lowest BCUT2D eigenvalue weighted by molar-refractivity contribution is -0.184. The molecule has 0 spiro atoms. The highest BCUT2D eigenvalue weighted by atomic mass is 79.9. The Morgan fingerprint density at radius 3 is 2.60 bits per heavy atom. The van der Waals surface area contributed by atoms with Crippen LogP contribution in [0.5, 0.6) is 0 Å². The van der Waals surface area contributed by atoms with Gasteiger partial charge in [-0.3, -0.25) is 0 Å². The van der Waals surface area contributed by atoms with Crippen LogP contribution in [-0.2, 0) is 9.47 Å². The molecule has 0 saturated carbocycles. The molecule has 2 nitrogen and oxygen atoms in total. The van der Waals surface area contributed by atoms with Crippen molar-refractivity contribution in [3.63, 3.8) is 0 Å². The van der Waals surface area contributed by atoms with Crippen molar-refractivity contribution >= 4 is 39.0 Å². The van der Waals surface area contributed by atoms with Crippen LogP contribution in [0.4, 0.5) is 4.39 Å². The number of hydrogen-bond acceptors (Lipinski definition) is 2. The van der Waals surface area contributed by atoms with Gasteiger partial charge in [-0.25, -0.2) is 4.39 Å². The number of hydrogen-bond donors (Lipinski definition) is 0. The summed E-state index contributed by atoms with van der Waals surface area (Å²) in [5.41, 5.74) is 0.457. The predicted octanol–water partition coefficient (Wildman–Crippen LogP) is 2.11. The molecule has 0 atom stereocenters. The molecule has 15 heavy (non-hydrogen) atoms. The molecule has 1 aliphatic heterocycles. The van der Waals surface area contributed by atoms with Gasteiger partial charge in [0.25, 0.3) is 0 Å². The molecule has 0 aromatic heterocycles. The van der Waals surface area contributed by atoms with E-state index in [1.807, 2.05) is 0 Å². The zero-order valence-electron chi connectivity index (χ0n) is 7.50. The van der Waals surface area contributed by atoms with E-state index in [0.29, 0.717) is 18.8 Å². The normalized spacial score (nSPS) is 17.2. The second kappa shape index (κ2) is 6.15. The van der Waals surface area contributed by atoms with Crippen molar-refractivity contribution in [1.29, 1.82) is 0 Å². The molecule has 80 valence electrons. The highest BCUT2D eigenvalue weighted by molar-refractivity contribution is 9.10. The van der Waals surface area contributed by atoms with Gasteiger partial charge in [0.1, 0.15) is 5.82 Å². The van der Waals surface area contributed by atoms with Gasteiger partial charge in [0.05, 0.1) is 13.2 Å². The minimum Gasteiger partial charge on any atom is -0.348 e. The maximum Gasteiger partial charge on any atom is 0.316 e. The predicted molar refractivity (Wildman–Crippen MR) is 61.9 cm³/mol. The van der Waals surface area contributed by atoms with Crippen LogP contribution in [0.15, 0.2) is 22.7 Å². The molecular weight excluding hydrogens is 275 g/mol. The molecule has 1 aromatic rings. The number of benzene rings is 1. The van der Waals surface area contributed by atoms with Gasteiger partial charge in [-0.2, -0.15) is 0 Å². The second-order valence-electron chi connectivity index (χ2n) is 3.09. The zero-order chi connectivity index (χ0) is 9.97. The van der Waals surface area contributed by atoms with E-state index in [9.17, 15) is 4.39 Å². The van der Waals surface area contributed by atoms with Gasteiger partial charge < -0.3 is 9.47 Å². The molecule has 1 saturated heterocycles. The minimum absolute atomic E-state index is 0. The summed E-state index contributed by atoms with van der Waals surface area (Å²) >= 11 is 3.29. The smallest absolute Gasteiger partial charge is 0.316 e. The Bertz CT molecular complexity index is 329. The largest absolute Gasteiger partial charge is 0.348 e. The summed E-state index contributed by atoms with van der Waals surface area (Å²) in [6, 6.07) is 4.74. The molecule has 0 N–H and O–H groups in total. The van der Waals surface area contributed by atoms with E-state index in [1.54, 1.807) is 12.1 Å². The molecule has 1 aliphatic rings. The van der Waals surface area contributed by atoms with Gasteiger partial charge in [-0.05, 0) is 24.6 Å². The highest BCUT2D eigenvalue weighted by Gasteiger charge is 2.20. The van der Waals surface area contributed by atoms with Crippen molar-refractivity contribution < 1.29 is 13.9 Å². The van der Waals surface area contributed by atoms with Crippen molar-refractivity contribution in [3.8, 4) is 0 Å². The third-order valence-corrected chi connectivity index (χ3v) is 2.53. The number of halogens is 2. The van der Waals surface area contributed by atoms with E-state index < -0.39 is 6.29 Å². The first-order valence-corrected chi connectivity index (χ1v) is 5.25. The van der Waals surface area contributed by atoms with Gasteiger partial charge in [0.15, 0.2) is 6.29 Å². The summed E-state index contributed by atoms with van der Waals surface area (Å²) in [5.74, 6) is -0.292. The molecular formula is C10H12BrFMgO2. The van der Waals surface area contributed by atoms with Crippen molar-refractivity contribution in [1.82, 2.24) is 0 Å². The molecule has 2 rings (SSSR count). The van der Waals surface area contributed by atoms with Gasteiger partial charge in [0.2, 0.25) is 0 Å². The standard InChI is InChI=1S/C10H10BrFO2.Mg.2H/c11-7-2-3-9(12)8(6-7)10-13-4-1-5-14-10;;;/h2-3,6,10H,1,4-5H2;;;. The van der Waals surface area contributed by atoms with E-state index in [4.69, 9.17) is 9.47 Å². The molecule has 1 aromatic carbocycles. The monoisotopic (exact) mass is 286 g/mol. The molecule has 0 amide bonds. The van der Waals surface area contributed by atoms with Crippen LogP contribution >= 0.6 is 15.9 Å². The highest BCUT2D eigenvalue weighted by Crippen LogP contribution is 2.27. The van der Waals surface area contributed by atoms with Crippen molar-refractivity contribution in [2.75, 3.05) is 13.2 Å². The average molecular weight is 287 g/mol. The Labute approximate surface area is 112 Å². The SMILES string of the molecule is Fc1ccc(Br)cc1C1OCCCO1.[MgH2]. The van der Waals surface area contributed by atoms with Crippen molar-refractivity contribution in [2.24, 2.45) is 0 Å². The van der Waals surface area contributed by atoms with Crippen LogP contribution in [0.3, 0.4) is 0 Å². The molecule has 1 fully saturated rings. The quantitative estimate of drug-likeness (QED) is 0.737. The summed E-state index contributed by atoms with van der Waals surface area (Å²) in [5, 5.41) is 0. The lowest BCUT2D eigenvalue weighted by atomic mass is 10.2. The fraction of sp³-hybridized carbons (Fsp3) is 0.400. The maximum atomic E-state index is 13.4. The van der Waals surface area contributed by atoms with Gasteiger partial charge in [-0.1, -0.05) is 15.9 Å². The maximum absolute atomic E-state index is 13.4. The summed E-state index contributed by atoms with van der Waals surface area (Å²) in [4.78, 5) is 0.